The molecule has 3 heterocycles. The first-order valence-electron chi connectivity index (χ1n) is 9.68. The van der Waals surface area contributed by atoms with Crippen LogP contribution in [0.1, 0.15) is 23.1 Å². The molecule has 3 amide bonds. The summed E-state index contributed by atoms with van der Waals surface area (Å²) >= 11 is 6.29. The van der Waals surface area contributed by atoms with Crippen LogP contribution in [0.25, 0.3) is 5.69 Å². The number of fused-ring (bicyclic) bond motifs is 4. The van der Waals surface area contributed by atoms with Crippen molar-refractivity contribution in [2.24, 2.45) is 5.73 Å². The van der Waals surface area contributed by atoms with Crippen molar-refractivity contribution in [3.8, 4) is 5.69 Å². The van der Waals surface area contributed by atoms with Crippen LogP contribution in [-0.2, 0) is 19.8 Å². The number of benzene rings is 2. The van der Waals surface area contributed by atoms with Crippen molar-refractivity contribution in [3.63, 3.8) is 0 Å². The van der Waals surface area contributed by atoms with Crippen molar-refractivity contribution in [3.05, 3.63) is 70.4 Å². The summed E-state index contributed by atoms with van der Waals surface area (Å²) in [5, 5.41) is 7.93. The number of carbonyl (C=O) groups is 3. The SMILES string of the molecule is Cc1c(Cl)cccc1-n1ncc2c1NC(=O)C[C@@]21C(=O)N(CC(N)=O)c2ccccc21. The molecular weight excluding hydrogens is 418 g/mol. The standard InChI is InChI=1S/C22H18ClN5O3/c1-12-15(23)6-4-8-16(12)28-20-14(10-25-28)22(9-19(30)26-20)13-5-2-3-7-17(13)27(21(22)31)11-18(24)29/h2-8,10H,9,11H2,1H3,(H2,24,29)(H,26,30)/t22-/m0/s1. The summed E-state index contributed by atoms with van der Waals surface area (Å²) in [5.41, 5.74) is 7.39. The molecule has 8 nitrogen and oxygen atoms in total. The largest absolute Gasteiger partial charge is 0.368 e. The van der Waals surface area contributed by atoms with E-state index < -0.39 is 11.3 Å². The molecule has 0 bridgehead atoms. The Morgan fingerprint density at radius 1 is 1.16 bits per heavy atom. The fourth-order valence-corrected chi connectivity index (χ4v) is 4.74. The molecule has 3 aromatic rings. The third-order valence-electron chi connectivity index (χ3n) is 5.96. The molecule has 1 spiro atoms. The van der Waals surface area contributed by atoms with Crippen LogP contribution in [-0.4, -0.2) is 34.0 Å². The number of nitrogens with two attached hydrogens (primary N) is 1. The molecule has 0 saturated heterocycles. The van der Waals surface area contributed by atoms with Crippen LogP contribution in [0.2, 0.25) is 5.02 Å². The first-order chi connectivity index (χ1) is 14.8. The van der Waals surface area contributed by atoms with Crippen LogP contribution in [0, 0.1) is 6.92 Å². The number of hydrogen-bond acceptors (Lipinski definition) is 4. The second-order valence-electron chi connectivity index (χ2n) is 7.71. The van der Waals surface area contributed by atoms with Gasteiger partial charge in [0.25, 0.3) is 0 Å². The van der Waals surface area contributed by atoms with E-state index in [0.29, 0.717) is 33.3 Å². The highest BCUT2D eigenvalue weighted by atomic mass is 35.5. The van der Waals surface area contributed by atoms with Gasteiger partial charge in [-0.25, -0.2) is 4.68 Å². The Kier molecular flexibility index (Phi) is 4.16. The van der Waals surface area contributed by atoms with E-state index in [1.165, 1.54) is 4.90 Å². The summed E-state index contributed by atoms with van der Waals surface area (Å²) in [4.78, 5) is 39.6. The molecule has 2 aromatic carbocycles. The van der Waals surface area contributed by atoms with Crippen LogP contribution in [0.15, 0.2) is 48.7 Å². The van der Waals surface area contributed by atoms with Gasteiger partial charge >= 0.3 is 0 Å². The highest BCUT2D eigenvalue weighted by Crippen LogP contribution is 2.52. The van der Waals surface area contributed by atoms with E-state index in [2.05, 4.69) is 10.4 Å². The minimum Gasteiger partial charge on any atom is -0.368 e. The molecule has 0 saturated carbocycles. The van der Waals surface area contributed by atoms with Crippen molar-refractivity contribution in [1.82, 2.24) is 9.78 Å². The number of nitrogens with one attached hydrogen (secondary N) is 1. The lowest BCUT2D eigenvalue weighted by Gasteiger charge is -2.32. The molecule has 2 aliphatic rings. The number of halogens is 1. The number of nitrogens with zero attached hydrogens (tertiary/aromatic N) is 3. The number of hydrogen-bond donors (Lipinski definition) is 2. The van der Waals surface area contributed by atoms with Crippen molar-refractivity contribution >= 4 is 40.8 Å². The predicted octanol–water partition coefficient (Wildman–Crippen LogP) is 2.29. The van der Waals surface area contributed by atoms with Gasteiger partial charge in [-0.3, -0.25) is 14.4 Å². The zero-order chi connectivity index (χ0) is 21.9. The van der Waals surface area contributed by atoms with Crippen molar-refractivity contribution < 1.29 is 14.4 Å². The number of para-hydroxylation sites is 1. The third kappa shape index (κ3) is 2.61. The van der Waals surface area contributed by atoms with Crippen LogP contribution in [0.3, 0.4) is 0 Å². The van der Waals surface area contributed by atoms with Crippen LogP contribution in [0.5, 0.6) is 0 Å². The number of rotatable bonds is 3. The van der Waals surface area contributed by atoms with Crippen LogP contribution in [0.4, 0.5) is 11.5 Å². The summed E-state index contributed by atoms with van der Waals surface area (Å²) in [6, 6.07) is 12.5. The van der Waals surface area contributed by atoms with Gasteiger partial charge in [-0.15, -0.1) is 0 Å². The molecule has 31 heavy (non-hydrogen) atoms. The van der Waals surface area contributed by atoms with Crippen LogP contribution >= 0.6 is 11.6 Å². The summed E-state index contributed by atoms with van der Waals surface area (Å²) < 4.78 is 1.59. The zero-order valence-electron chi connectivity index (χ0n) is 16.6. The number of primary amides is 1. The maximum Gasteiger partial charge on any atom is 0.243 e. The number of amides is 3. The quantitative estimate of drug-likeness (QED) is 0.657. The summed E-state index contributed by atoms with van der Waals surface area (Å²) in [6.07, 6.45) is 1.50. The van der Waals surface area contributed by atoms with E-state index in [-0.39, 0.29) is 24.8 Å². The number of carbonyl (C=O) groups excluding carboxylic acids is 3. The molecular formula is C22H18ClN5O3. The van der Waals surface area contributed by atoms with Gasteiger partial charge in [0.2, 0.25) is 17.7 Å². The number of anilines is 2. The predicted molar refractivity (Wildman–Crippen MR) is 115 cm³/mol. The van der Waals surface area contributed by atoms with Crippen LogP contribution < -0.4 is 16.0 Å². The Labute approximate surface area is 182 Å². The Bertz CT molecular complexity index is 1280. The normalized spacial score (nSPS) is 19.4. The molecule has 0 radical (unpaired) electrons. The molecule has 156 valence electrons. The highest BCUT2D eigenvalue weighted by molar-refractivity contribution is 6.31. The van der Waals surface area contributed by atoms with E-state index in [0.717, 1.165) is 5.56 Å². The van der Waals surface area contributed by atoms with Crippen molar-refractivity contribution in [2.75, 3.05) is 16.8 Å². The first kappa shape index (κ1) is 19.3. The van der Waals surface area contributed by atoms with E-state index in [1.807, 2.05) is 13.0 Å². The topological polar surface area (TPSA) is 110 Å². The number of aromatic nitrogens is 2. The summed E-state index contributed by atoms with van der Waals surface area (Å²) in [6.45, 7) is 1.59. The van der Waals surface area contributed by atoms with E-state index in [1.54, 1.807) is 47.3 Å². The molecule has 0 unspecified atom stereocenters. The van der Waals surface area contributed by atoms with E-state index in [9.17, 15) is 14.4 Å². The van der Waals surface area contributed by atoms with Gasteiger partial charge in [0.15, 0.2) is 0 Å². The van der Waals surface area contributed by atoms with Gasteiger partial charge < -0.3 is 16.0 Å². The smallest absolute Gasteiger partial charge is 0.243 e. The van der Waals surface area contributed by atoms with Gasteiger partial charge in [-0.05, 0) is 36.2 Å². The molecule has 0 fully saturated rings. The molecule has 9 heteroatoms. The van der Waals surface area contributed by atoms with E-state index >= 15 is 0 Å². The maximum absolute atomic E-state index is 13.7. The van der Waals surface area contributed by atoms with Gasteiger partial charge in [0, 0.05) is 22.7 Å². The zero-order valence-corrected chi connectivity index (χ0v) is 17.3. The Hall–Kier alpha value is -3.65. The average Bonchev–Trinajstić information content (AvgIpc) is 3.24. The monoisotopic (exact) mass is 435 g/mol. The van der Waals surface area contributed by atoms with Crippen molar-refractivity contribution in [2.45, 2.75) is 18.8 Å². The Morgan fingerprint density at radius 3 is 2.68 bits per heavy atom. The second kappa shape index (κ2) is 6.68. The minimum absolute atomic E-state index is 0.0919. The highest BCUT2D eigenvalue weighted by Gasteiger charge is 2.57. The van der Waals surface area contributed by atoms with Gasteiger partial charge in [0.05, 0.1) is 11.9 Å². The van der Waals surface area contributed by atoms with Gasteiger partial charge in [0.1, 0.15) is 17.8 Å². The lowest BCUT2D eigenvalue weighted by molar-refractivity contribution is -0.127. The van der Waals surface area contributed by atoms with Gasteiger partial charge in [-0.1, -0.05) is 35.9 Å². The molecule has 3 N–H and O–H groups in total. The minimum atomic E-state index is -1.28. The Balaban J connectivity index is 1.76. The van der Waals surface area contributed by atoms with Crippen molar-refractivity contribution in [1.29, 1.82) is 0 Å². The van der Waals surface area contributed by atoms with Gasteiger partial charge in [-0.2, -0.15) is 5.10 Å². The fraction of sp³-hybridized carbons (Fsp3) is 0.182. The molecule has 2 aliphatic heterocycles. The molecule has 0 aliphatic carbocycles. The summed E-state index contributed by atoms with van der Waals surface area (Å²) in [5.74, 6) is -0.916. The Morgan fingerprint density at radius 2 is 1.90 bits per heavy atom. The average molecular weight is 436 g/mol. The summed E-state index contributed by atoms with van der Waals surface area (Å²) in [7, 11) is 0. The third-order valence-corrected chi connectivity index (χ3v) is 6.37. The van der Waals surface area contributed by atoms with E-state index in [4.69, 9.17) is 17.3 Å². The molecule has 5 rings (SSSR count). The second-order valence-corrected chi connectivity index (χ2v) is 8.11. The molecule has 1 aromatic heterocycles. The molecule has 1 atom stereocenters. The lowest BCUT2D eigenvalue weighted by Crippen LogP contribution is -2.48. The lowest BCUT2D eigenvalue weighted by atomic mass is 9.72. The first-order valence-corrected chi connectivity index (χ1v) is 10.1. The fourth-order valence-electron chi connectivity index (χ4n) is 4.57. The maximum atomic E-state index is 13.7.